The number of nitrogens with zero attached hydrogens (tertiary/aromatic N) is 2. The maximum Gasteiger partial charge on any atom is 0.108 e. The van der Waals surface area contributed by atoms with Gasteiger partial charge in [-0.15, -0.1) is 0 Å². The largest absolute Gasteiger partial charge is 0.300 e. The molecule has 1 heterocycles. The highest BCUT2D eigenvalue weighted by atomic mass is 15.2. The van der Waals surface area contributed by atoms with Crippen LogP contribution in [0.5, 0.6) is 0 Å². The molecule has 1 N–H and O–H groups in total. The average Bonchev–Trinajstić information content (AvgIpc) is 2.37. The van der Waals surface area contributed by atoms with E-state index in [9.17, 15) is 5.26 Å². The number of likely N-dealkylation sites (tertiary alicyclic amines) is 1. The van der Waals surface area contributed by atoms with Crippen molar-refractivity contribution < 1.29 is 0 Å². The fourth-order valence-corrected chi connectivity index (χ4v) is 4.38. The molecule has 1 saturated heterocycles. The van der Waals surface area contributed by atoms with Crippen LogP contribution in [0.15, 0.2) is 0 Å². The molecule has 0 radical (unpaired) electrons. The van der Waals surface area contributed by atoms with E-state index < -0.39 is 0 Å². The van der Waals surface area contributed by atoms with Gasteiger partial charge in [0.05, 0.1) is 6.07 Å². The molecule has 1 aliphatic heterocycles. The molecule has 1 saturated carbocycles. The van der Waals surface area contributed by atoms with Crippen LogP contribution in [0.1, 0.15) is 59.8 Å². The van der Waals surface area contributed by atoms with E-state index in [1.54, 1.807) is 0 Å². The Hall–Kier alpha value is -0.590. The first-order valence-electron chi connectivity index (χ1n) is 8.37. The molecular weight excluding hydrogens is 246 g/mol. The molecule has 0 bridgehead atoms. The highest BCUT2D eigenvalue weighted by molar-refractivity contribution is 5.12. The molecule has 0 spiro atoms. The number of nitriles is 1. The molecular formula is C17H31N3. The van der Waals surface area contributed by atoms with Gasteiger partial charge in [0.1, 0.15) is 5.54 Å². The van der Waals surface area contributed by atoms with Crippen LogP contribution < -0.4 is 5.32 Å². The Balaban J connectivity index is 2.04. The van der Waals surface area contributed by atoms with Gasteiger partial charge in [0.15, 0.2) is 0 Å². The second-order valence-corrected chi connectivity index (χ2v) is 7.64. The zero-order chi connectivity index (χ0) is 14.8. The number of nitrogens with one attached hydrogen (secondary N) is 1. The second-order valence-electron chi connectivity index (χ2n) is 7.64. The third-order valence-corrected chi connectivity index (χ3v) is 4.92. The minimum Gasteiger partial charge on any atom is -0.300 e. The van der Waals surface area contributed by atoms with Crippen molar-refractivity contribution in [3.05, 3.63) is 0 Å². The maximum absolute atomic E-state index is 9.68. The lowest BCUT2D eigenvalue weighted by Gasteiger charge is -2.46. The summed E-state index contributed by atoms with van der Waals surface area (Å²) in [6, 6.07) is 3.58. The number of piperidine rings is 1. The van der Waals surface area contributed by atoms with Crippen molar-refractivity contribution in [2.24, 2.45) is 11.8 Å². The Bertz CT molecular complexity index is 350. The van der Waals surface area contributed by atoms with Gasteiger partial charge in [0.2, 0.25) is 0 Å². The Labute approximate surface area is 124 Å². The van der Waals surface area contributed by atoms with Crippen molar-refractivity contribution in [2.45, 2.75) is 77.4 Å². The van der Waals surface area contributed by atoms with Gasteiger partial charge in [-0.25, -0.2) is 0 Å². The van der Waals surface area contributed by atoms with Crippen LogP contribution in [0.4, 0.5) is 0 Å². The van der Waals surface area contributed by atoms with E-state index in [1.807, 2.05) is 0 Å². The first kappa shape index (κ1) is 15.8. The third kappa shape index (κ3) is 3.74. The normalized spacial score (nSPS) is 39.7. The topological polar surface area (TPSA) is 39.1 Å². The number of hydrogen-bond donors (Lipinski definition) is 1. The van der Waals surface area contributed by atoms with Crippen LogP contribution in [0, 0.1) is 23.2 Å². The van der Waals surface area contributed by atoms with Crippen LogP contribution in [0.2, 0.25) is 0 Å². The quantitative estimate of drug-likeness (QED) is 0.861. The standard InChI is InChI=1S/C17H31N3/c1-13(2)19-17(12-18)7-5-6-16(9-17)20-10-14(3)8-15(4)11-20/h13-16,19H,5-11H2,1-4H3. The maximum atomic E-state index is 9.68. The van der Waals surface area contributed by atoms with Crippen LogP contribution in [-0.2, 0) is 0 Å². The molecule has 0 aromatic heterocycles. The molecule has 20 heavy (non-hydrogen) atoms. The minimum absolute atomic E-state index is 0.291. The molecule has 0 amide bonds. The molecule has 3 heteroatoms. The molecule has 2 fully saturated rings. The Morgan fingerprint density at radius 2 is 1.90 bits per heavy atom. The van der Waals surface area contributed by atoms with Gasteiger partial charge in [-0.3, -0.25) is 10.2 Å². The molecule has 0 aromatic carbocycles. The lowest BCUT2D eigenvalue weighted by Crippen LogP contribution is -2.56. The first-order valence-corrected chi connectivity index (χ1v) is 8.37. The van der Waals surface area contributed by atoms with Gasteiger partial charge in [-0.1, -0.05) is 13.8 Å². The molecule has 2 aliphatic rings. The summed E-state index contributed by atoms with van der Waals surface area (Å²) in [5, 5.41) is 13.2. The SMILES string of the molecule is CC1CC(C)CN(C2CCCC(C#N)(NC(C)C)C2)C1. The summed E-state index contributed by atoms with van der Waals surface area (Å²) in [4.78, 5) is 2.67. The molecule has 114 valence electrons. The lowest BCUT2D eigenvalue weighted by molar-refractivity contribution is 0.0567. The summed E-state index contributed by atoms with van der Waals surface area (Å²) in [6.07, 6.45) is 5.81. The van der Waals surface area contributed by atoms with Gasteiger partial charge in [-0.2, -0.15) is 5.26 Å². The molecule has 0 aromatic rings. The van der Waals surface area contributed by atoms with Gasteiger partial charge in [-0.05, 0) is 57.8 Å². The number of rotatable bonds is 3. The molecule has 1 aliphatic carbocycles. The van der Waals surface area contributed by atoms with Gasteiger partial charge in [0, 0.05) is 25.2 Å². The van der Waals surface area contributed by atoms with Crippen molar-refractivity contribution in [2.75, 3.05) is 13.1 Å². The molecule has 4 atom stereocenters. The zero-order valence-corrected chi connectivity index (χ0v) is 13.7. The van der Waals surface area contributed by atoms with Crippen molar-refractivity contribution in [3.8, 4) is 6.07 Å². The predicted octanol–water partition coefficient (Wildman–Crippen LogP) is 3.17. The predicted molar refractivity (Wildman–Crippen MR) is 83.4 cm³/mol. The number of hydrogen-bond acceptors (Lipinski definition) is 3. The molecule has 2 rings (SSSR count). The summed E-state index contributed by atoms with van der Waals surface area (Å²) >= 11 is 0. The van der Waals surface area contributed by atoms with E-state index >= 15 is 0 Å². The average molecular weight is 277 g/mol. The van der Waals surface area contributed by atoms with Crippen LogP contribution in [0.25, 0.3) is 0 Å². The van der Waals surface area contributed by atoms with Crippen LogP contribution in [0.3, 0.4) is 0 Å². The third-order valence-electron chi connectivity index (χ3n) is 4.92. The van der Waals surface area contributed by atoms with E-state index in [4.69, 9.17) is 0 Å². The monoisotopic (exact) mass is 277 g/mol. The summed E-state index contributed by atoms with van der Waals surface area (Å²) in [6.45, 7) is 11.5. The smallest absolute Gasteiger partial charge is 0.108 e. The van der Waals surface area contributed by atoms with Crippen molar-refractivity contribution in [1.82, 2.24) is 10.2 Å². The van der Waals surface area contributed by atoms with Gasteiger partial charge < -0.3 is 0 Å². The van der Waals surface area contributed by atoms with Crippen LogP contribution in [-0.4, -0.2) is 35.6 Å². The minimum atomic E-state index is -0.291. The zero-order valence-electron chi connectivity index (χ0n) is 13.7. The van der Waals surface area contributed by atoms with Crippen molar-refractivity contribution in [3.63, 3.8) is 0 Å². The van der Waals surface area contributed by atoms with Gasteiger partial charge >= 0.3 is 0 Å². The highest BCUT2D eigenvalue weighted by Crippen LogP contribution is 2.34. The Morgan fingerprint density at radius 1 is 1.25 bits per heavy atom. The second kappa shape index (κ2) is 6.45. The van der Waals surface area contributed by atoms with E-state index in [0.717, 1.165) is 24.7 Å². The first-order chi connectivity index (χ1) is 9.44. The summed E-state index contributed by atoms with van der Waals surface area (Å²) in [7, 11) is 0. The summed E-state index contributed by atoms with van der Waals surface area (Å²) in [5.41, 5.74) is -0.291. The highest BCUT2D eigenvalue weighted by Gasteiger charge is 2.40. The molecule has 3 nitrogen and oxygen atoms in total. The van der Waals surface area contributed by atoms with E-state index in [2.05, 4.69) is 44.0 Å². The van der Waals surface area contributed by atoms with E-state index in [-0.39, 0.29) is 5.54 Å². The fraction of sp³-hybridized carbons (Fsp3) is 0.941. The van der Waals surface area contributed by atoms with Crippen molar-refractivity contribution in [1.29, 1.82) is 5.26 Å². The van der Waals surface area contributed by atoms with E-state index in [0.29, 0.717) is 12.1 Å². The Morgan fingerprint density at radius 3 is 2.45 bits per heavy atom. The lowest BCUT2D eigenvalue weighted by atomic mass is 9.77. The molecule has 4 unspecified atom stereocenters. The fourth-order valence-electron chi connectivity index (χ4n) is 4.38. The van der Waals surface area contributed by atoms with E-state index in [1.165, 1.54) is 32.4 Å². The van der Waals surface area contributed by atoms with Crippen molar-refractivity contribution >= 4 is 0 Å². The van der Waals surface area contributed by atoms with Gasteiger partial charge in [0.25, 0.3) is 0 Å². The summed E-state index contributed by atoms with van der Waals surface area (Å²) in [5.74, 6) is 1.60. The van der Waals surface area contributed by atoms with Crippen LogP contribution >= 0.6 is 0 Å². The summed E-state index contributed by atoms with van der Waals surface area (Å²) < 4.78 is 0. The Kier molecular flexibility index (Phi) is 5.09.